The van der Waals surface area contributed by atoms with Gasteiger partial charge in [-0.1, -0.05) is 30.3 Å². The second-order valence-corrected chi connectivity index (χ2v) is 7.43. The Morgan fingerprint density at radius 3 is 2.48 bits per heavy atom. The van der Waals surface area contributed by atoms with Crippen LogP contribution in [0.1, 0.15) is 10.6 Å². The fourth-order valence-electron chi connectivity index (χ4n) is 3.63. The summed E-state index contributed by atoms with van der Waals surface area (Å²) in [4.78, 5) is 16.6. The molecule has 4 heterocycles. The summed E-state index contributed by atoms with van der Waals surface area (Å²) >= 11 is 0. The number of fused-ring (bicyclic) bond motifs is 2. The summed E-state index contributed by atoms with van der Waals surface area (Å²) in [5.74, 6) is 0.609. The summed E-state index contributed by atoms with van der Waals surface area (Å²) in [6.07, 6.45) is 3.41. The van der Waals surface area contributed by atoms with Gasteiger partial charge in [-0.2, -0.15) is 9.61 Å². The molecule has 2 aromatic carbocycles. The first-order chi connectivity index (χ1) is 16.2. The summed E-state index contributed by atoms with van der Waals surface area (Å²) < 4.78 is 7.35. The van der Waals surface area contributed by atoms with E-state index in [9.17, 15) is 4.79 Å². The number of hydrogen-bond donors (Lipinski definition) is 1. The quantitative estimate of drug-likeness (QED) is 0.428. The molecule has 0 fully saturated rings. The standard InChI is InChI=1S/C25H16N6O2/c32-25(22-15-18-3-1-2-4-21(18)33-22)27-19-7-5-16(6-8-19)20-9-10-23-28-29-24(31(23)30-20)17-11-13-26-14-12-17/h1-15H,(H,27,32). The van der Waals surface area contributed by atoms with Crippen LogP contribution in [0.3, 0.4) is 0 Å². The molecular weight excluding hydrogens is 416 g/mol. The first kappa shape index (κ1) is 18.9. The highest BCUT2D eigenvalue weighted by molar-refractivity contribution is 6.04. The molecule has 6 aromatic rings. The van der Waals surface area contributed by atoms with Gasteiger partial charge in [0.2, 0.25) is 0 Å². The van der Waals surface area contributed by atoms with E-state index in [-0.39, 0.29) is 11.7 Å². The summed E-state index contributed by atoms with van der Waals surface area (Å²) in [5, 5.41) is 16.9. The lowest BCUT2D eigenvalue weighted by atomic mass is 10.1. The lowest BCUT2D eigenvalue weighted by Gasteiger charge is -2.06. The first-order valence-electron chi connectivity index (χ1n) is 10.3. The van der Waals surface area contributed by atoms with Crippen molar-refractivity contribution in [3.63, 3.8) is 0 Å². The predicted octanol–water partition coefficient (Wildman–Crippen LogP) is 4.85. The highest BCUT2D eigenvalue weighted by atomic mass is 16.3. The molecule has 0 spiro atoms. The zero-order valence-electron chi connectivity index (χ0n) is 17.2. The summed E-state index contributed by atoms with van der Waals surface area (Å²) in [6.45, 7) is 0. The molecule has 0 saturated heterocycles. The average molecular weight is 432 g/mol. The number of benzene rings is 2. The van der Waals surface area contributed by atoms with Gasteiger partial charge in [0.05, 0.1) is 5.69 Å². The number of hydrogen-bond acceptors (Lipinski definition) is 6. The molecule has 0 radical (unpaired) electrons. The van der Waals surface area contributed by atoms with Crippen LogP contribution in [-0.2, 0) is 0 Å². The van der Waals surface area contributed by atoms with Crippen LogP contribution in [0.2, 0.25) is 0 Å². The molecule has 0 unspecified atom stereocenters. The number of amides is 1. The van der Waals surface area contributed by atoms with Gasteiger partial charge in [0.25, 0.3) is 5.91 Å². The Balaban J connectivity index is 1.26. The van der Waals surface area contributed by atoms with Crippen molar-refractivity contribution >= 4 is 28.2 Å². The summed E-state index contributed by atoms with van der Waals surface area (Å²) in [5.41, 5.74) is 4.53. The van der Waals surface area contributed by atoms with E-state index in [1.54, 1.807) is 23.0 Å². The van der Waals surface area contributed by atoms with Crippen LogP contribution in [0.25, 0.3) is 39.3 Å². The zero-order chi connectivity index (χ0) is 22.2. The molecule has 1 N–H and O–H groups in total. The normalized spacial score (nSPS) is 11.2. The van der Waals surface area contributed by atoms with E-state index in [2.05, 4.69) is 20.5 Å². The van der Waals surface area contributed by atoms with Crippen molar-refractivity contribution in [2.24, 2.45) is 0 Å². The van der Waals surface area contributed by atoms with Crippen molar-refractivity contribution < 1.29 is 9.21 Å². The molecule has 6 rings (SSSR count). The van der Waals surface area contributed by atoms with Crippen LogP contribution < -0.4 is 5.32 Å². The smallest absolute Gasteiger partial charge is 0.291 e. The fourth-order valence-corrected chi connectivity index (χ4v) is 3.63. The van der Waals surface area contributed by atoms with E-state index >= 15 is 0 Å². The van der Waals surface area contributed by atoms with E-state index in [0.29, 0.717) is 22.7 Å². The number of rotatable bonds is 4. The number of pyridine rings is 1. The van der Waals surface area contributed by atoms with Crippen molar-refractivity contribution in [1.82, 2.24) is 24.8 Å². The molecule has 1 amide bonds. The fraction of sp³-hybridized carbons (Fsp3) is 0. The van der Waals surface area contributed by atoms with Gasteiger partial charge in [-0.15, -0.1) is 10.2 Å². The number of nitrogens with zero attached hydrogens (tertiary/aromatic N) is 5. The third-order valence-corrected chi connectivity index (χ3v) is 5.29. The van der Waals surface area contributed by atoms with E-state index in [1.807, 2.05) is 72.8 Å². The van der Waals surface area contributed by atoms with Crippen LogP contribution in [0.4, 0.5) is 5.69 Å². The van der Waals surface area contributed by atoms with Crippen molar-refractivity contribution in [3.8, 4) is 22.6 Å². The molecule has 0 bridgehead atoms. The van der Waals surface area contributed by atoms with Crippen molar-refractivity contribution in [2.45, 2.75) is 0 Å². The third-order valence-electron chi connectivity index (χ3n) is 5.29. The summed E-state index contributed by atoms with van der Waals surface area (Å²) in [6, 6.07) is 24.2. The first-order valence-corrected chi connectivity index (χ1v) is 10.3. The molecular formula is C25H16N6O2. The second kappa shape index (κ2) is 7.69. The summed E-state index contributed by atoms with van der Waals surface area (Å²) in [7, 11) is 0. The highest BCUT2D eigenvalue weighted by Gasteiger charge is 2.13. The van der Waals surface area contributed by atoms with Gasteiger partial charge in [-0.05, 0) is 48.5 Å². The number of para-hydroxylation sites is 1. The molecule has 0 aliphatic heterocycles. The molecule has 8 nitrogen and oxygen atoms in total. The van der Waals surface area contributed by atoms with E-state index < -0.39 is 0 Å². The monoisotopic (exact) mass is 432 g/mol. The van der Waals surface area contributed by atoms with E-state index in [0.717, 1.165) is 22.2 Å². The lowest BCUT2D eigenvalue weighted by Crippen LogP contribution is -2.10. The molecule has 0 saturated carbocycles. The number of carbonyl (C=O) groups excluding carboxylic acids is 1. The molecule has 4 aromatic heterocycles. The largest absolute Gasteiger partial charge is 0.451 e. The maximum absolute atomic E-state index is 12.6. The number of carbonyl (C=O) groups is 1. The van der Waals surface area contributed by atoms with Crippen LogP contribution in [-0.4, -0.2) is 30.7 Å². The van der Waals surface area contributed by atoms with Crippen molar-refractivity contribution in [1.29, 1.82) is 0 Å². The van der Waals surface area contributed by atoms with Gasteiger partial charge < -0.3 is 9.73 Å². The Morgan fingerprint density at radius 1 is 0.848 bits per heavy atom. The zero-order valence-corrected chi connectivity index (χ0v) is 17.2. The van der Waals surface area contributed by atoms with Crippen molar-refractivity contribution in [3.05, 3.63) is 97.0 Å². The highest BCUT2D eigenvalue weighted by Crippen LogP contribution is 2.24. The van der Waals surface area contributed by atoms with Gasteiger partial charge in [-0.3, -0.25) is 9.78 Å². The minimum Gasteiger partial charge on any atom is -0.451 e. The Bertz CT molecular complexity index is 1570. The van der Waals surface area contributed by atoms with Gasteiger partial charge in [-0.25, -0.2) is 0 Å². The van der Waals surface area contributed by atoms with Crippen molar-refractivity contribution in [2.75, 3.05) is 5.32 Å². The Labute approximate surface area is 187 Å². The Hall–Kier alpha value is -4.85. The van der Waals surface area contributed by atoms with Gasteiger partial charge in [0, 0.05) is 34.6 Å². The SMILES string of the molecule is O=C(Nc1ccc(-c2ccc3nnc(-c4ccncc4)n3n2)cc1)c1cc2ccccc2o1. The number of anilines is 1. The molecule has 0 atom stereocenters. The number of aromatic nitrogens is 5. The third kappa shape index (κ3) is 3.49. The van der Waals surface area contributed by atoms with Crippen LogP contribution in [0.5, 0.6) is 0 Å². The lowest BCUT2D eigenvalue weighted by molar-refractivity contribution is 0.0998. The van der Waals surface area contributed by atoms with Crippen LogP contribution >= 0.6 is 0 Å². The van der Waals surface area contributed by atoms with Gasteiger partial charge in [0.1, 0.15) is 5.58 Å². The predicted molar refractivity (Wildman–Crippen MR) is 124 cm³/mol. The van der Waals surface area contributed by atoms with E-state index in [1.165, 1.54) is 0 Å². The molecule has 158 valence electrons. The minimum absolute atomic E-state index is 0.267. The second-order valence-electron chi connectivity index (χ2n) is 7.43. The molecule has 8 heteroatoms. The number of furan rings is 1. The molecule has 0 aliphatic carbocycles. The Morgan fingerprint density at radius 2 is 1.67 bits per heavy atom. The topological polar surface area (TPSA) is 98.2 Å². The van der Waals surface area contributed by atoms with Gasteiger partial charge in [0.15, 0.2) is 17.2 Å². The maximum atomic E-state index is 12.6. The average Bonchev–Trinajstić information content (AvgIpc) is 3.49. The molecule has 33 heavy (non-hydrogen) atoms. The van der Waals surface area contributed by atoms with Crippen LogP contribution in [0, 0.1) is 0 Å². The van der Waals surface area contributed by atoms with Gasteiger partial charge >= 0.3 is 0 Å². The number of nitrogens with one attached hydrogen (secondary N) is 1. The Kier molecular flexibility index (Phi) is 4.40. The van der Waals surface area contributed by atoms with Crippen LogP contribution in [0.15, 0.2) is 95.7 Å². The maximum Gasteiger partial charge on any atom is 0.291 e. The minimum atomic E-state index is -0.301. The molecule has 0 aliphatic rings. The van der Waals surface area contributed by atoms with E-state index in [4.69, 9.17) is 9.52 Å².